The number of anilines is 2. The number of rotatable bonds is 4. The third-order valence-electron chi connectivity index (χ3n) is 1.24. The van der Waals surface area contributed by atoms with Crippen molar-refractivity contribution < 1.29 is 4.79 Å². The summed E-state index contributed by atoms with van der Waals surface area (Å²) < 4.78 is 0. The molecular formula is C6H9ClN6O. The Morgan fingerprint density at radius 3 is 2.71 bits per heavy atom. The number of carbonyl (C=O) groups is 1. The van der Waals surface area contributed by atoms with Crippen molar-refractivity contribution >= 4 is 29.4 Å². The number of halogens is 1. The van der Waals surface area contributed by atoms with Crippen LogP contribution >= 0.6 is 11.6 Å². The number of hydrogen-bond donors (Lipinski definition) is 3. The molecular weight excluding hydrogens is 208 g/mol. The molecule has 1 aromatic rings. The van der Waals surface area contributed by atoms with Gasteiger partial charge in [-0.1, -0.05) is 0 Å². The van der Waals surface area contributed by atoms with E-state index in [4.69, 9.17) is 23.1 Å². The van der Waals surface area contributed by atoms with Crippen LogP contribution in [0.15, 0.2) is 0 Å². The van der Waals surface area contributed by atoms with Crippen LogP contribution in [-0.2, 0) is 10.7 Å². The van der Waals surface area contributed by atoms with E-state index in [0.717, 1.165) is 0 Å². The molecule has 1 heterocycles. The number of nitrogens with zero attached hydrogens (tertiary/aromatic N) is 3. The molecule has 14 heavy (non-hydrogen) atoms. The number of amides is 1. The van der Waals surface area contributed by atoms with Gasteiger partial charge in [0.25, 0.3) is 0 Å². The molecule has 0 bridgehead atoms. The molecule has 0 fully saturated rings. The highest BCUT2D eigenvalue weighted by Gasteiger charge is 2.03. The summed E-state index contributed by atoms with van der Waals surface area (Å²) in [4.78, 5) is 21.8. The summed E-state index contributed by atoms with van der Waals surface area (Å²) in [6.07, 6.45) is 0. The van der Waals surface area contributed by atoms with Crippen LogP contribution in [0.1, 0.15) is 5.82 Å². The zero-order valence-corrected chi connectivity index (χ0v) is 7.95. The molecule has 8 heteroatoms. The summed E-state index contributed by atoms with van der Waals surface area (Å²) in [5.74, 6) is 0.176. The number of alkyl halides is 1. The Kier molecular flexibility index (Phi) is 3.41. The van der Waals surface area contributed by atoms with Gasteiger partial charge in [-0.3, -0.25) is 4.79 Å². The summed E-state index contributed by atoms with van der Waals surface area (Å²) in [5.41, 5.74) is 10.3. The lowest BCUT2D eigenvalue weighted by molar-refractivity contribution is -0.116. The van der Waals surface area contributed by atoms with E-state index in [1.807, 2.05) is 0 Å². The molecule has 0 aliphatic carbocycles. The standard InChI is InChI=1S/C6H9ClN6O/c7-1-4-11-5(9)13-6(12-4)10-2-3(8)14/h1-2H2,(H2,8,14)(H3,9,10,11,12,13). The van der Waals surface area contributed by atoms with E-state index in [2.05, 4.69) is 20.3 Å². The molecule has 1 aromatic heterocycles. The van der Waals surface area contributed by atoms with Crippen molar-refractivity contribution in [1.29, 1.82) is 0 Å². The van der Waals surface area contributed by atoms with E-state index >= 15 is 0 Å². The van der Waals surface area contributed by atoms with Gasteiger partial charge in [0, 0.05) is 0 Å². The topological polar surface area (TPSA) is 120 Å². The van der Waals surface area contributed by atoms with E-state index in [-0.39, 0.29) is 24.3 Å². The van der Waals surface area contributed by atoms with Gasteiger partial charge in [-0.2, -0.15) is 15.0 Å². The molecule has 7 nitrogen and oxygen atoms in total. The smallest absolute Gasteiger partial charge is 0.236 e. The summed E-state index contributed by atoms with van der Waals surface area (Å²) >= 11 is 5.51. The fraction of sp³-hybridized carbons (Fsp3) is 0.333. The van der Waals surface area contributed by atoms with Crippen molar-refractivity contribution in [3.05, 3.63) is 5.82 Å². The van der Waals surface area contributed by atoms with Gasteiger partial charge in [-0.25, -0.2) is 0 Å². The molecule has 0 saturated heterocycles. The van der Waals surface area contributed by atoms with E-state index in [1.54, 1.807) is 0 Å². The predicted octanol–water partition coefficient (Wildman–Crippen LogP) is -0.910. The van der Waals surface area contributed by atoms with Gasteiger partial charge in [-0.15, -0.1) is 11.6 Å². The molecule has 0 atom stereocenters. The Bertz CT molecular complexity index is 343. The molecule has 0 saturated carbocycles. The van der Waals surface area contributed by atoms with Crippen LogP contribution < -0.4 is 16.8 Å². The van der Waals surface area contributed by atoms with Crippen molar-refractivity contribution in [2.24, 2.45) is 5.73 Å². The summed E-state index contributed by atoms with van der Waals surface area (Å²) in [6.45, 7) is -0.0643. The maximum absolute atomic E-state index is 10.4. The van der Waals surface area contributed by atoms with Gasteiger partial charge in [0.05, 0.1) is 12.4 Å². The van der Waals surface area contributed by atoms with Crippen molar-refractivity contribution in [1.82, 2.24) is 15.0 Å². The highest BCUT2D eigenvalue weighted by molar-refractivity contribution is 6.16. The van der Waals surface area contributed by atoms with Gasteiger partial charge < -0.3 is 16.8 Å². The molecule has 0 aromatic carbocycles. The normalized spacial score (nSPS) is 9.79. The fourth-order valence-corrected chi connectivity index (χ4v) is 0.862. The predicted molar refractivity (Wildman–Crippen MR) is 51.5 cm³/mol. The third kappa shape index (κ3) is 3.02. The summed E-state index contributed by atoms with van der Waals surface area (Å²) in [6, 6.07) is 0. The van der Waals surface area contributed by atoms with Crippen LogP contribution in [0, 0.1) is 0 Å². The average Bonchev–Trinajstić information content (AvgIpc) is 2.14. The minimum atomic E-state index is -0.517. The van der Waals surface area contributed by atoms with E-state index in [9.17, 15) is 4.79 Å². The molecule has 1 rings (SSSR count). The Morgan fingerprint density at radius 1 is 1.43 bits per heavy atom. The SMILES string of the molecule is NC(=O)CNc1nc(N)nc(CCl)n1. The second-order valence-electron chi connectivity index (χ2n) is 2.39. The van der Waals surface area contributed by atoms with Crippen LogP contribution in [0.25, 0.3) is 0 Å². The van der Waals surface area contributed by atoms with E-state index in [0.29, 0.717) is 5.82 Å². The number of carbonyl (C=O) groups excluding carboxylic acids is 1. The van der Waals surface area contributed by atoms with Crippen molar-refractivity contribution in [3.8, 4) is 0 Å². The number of primary amides is 1. The maximum atomic E-state index is 10.4. The van der Waals surface area contributed by atoms with Crippen LogP contribution in [-0.4, -0.2) is 27.4 Å². The maximum Gasteiger partial charge on any atom is 0.236 e. The van der Waals surface area contributed by atoms with Crippen molar-refractivity contribution in [3.63, 3.8) is 0 Å². The van der Waals surface area contributed by atoms with Gasteiger partial charge in [0.15, 0.2) is 5.82 Å². The zero-order valence-electron chi connectivity index (χ0n) is 7.20. The largest absolute Gasteiger partial charge is 0.368 e. The zero-order chi connectivity index (χ0) is 10.6. The Morgan fingerprint density at radius 2 is 2.14 bits per heavy atom. The third-order valence-corrected chi connectivity index (χ3v) is 1.48. The minimum Gasteiger partial charge on any atom is -0.368 e. The first-order valence-electron chi connectivity index (χ1n) is 3.70. The van der Waals surface area contributed by atoms with Crippen molar-refractivity contribution in [2.75, 3.05) is 17.6 Å². The lowest BCUT2D eigenvalue weighted by atomic mass is 10.6. The van der Waals surface area contributed by atoms with Gasteiger partial charge in [-0.05, 0) is 0 Å². The number of nitrogens with one attached hydrogen (secondary N) is 1. The number of nitrogens with two attached hydrogens (primary N) is 2. The lowest BCUT2D eigenvalue weighted by Crippen LogP contribution is -2.23. The van der Waals surface area contributed by atoms with Crippen LogP contribution in [0.4, 0.5) is 11.9 Å². The van der Waals surface area contributed by atoms with Crippen LogP contribution in [0.5, 0.6) is 0 Å². The van der Waals surface area contributed by atoms with Gasteiger partial charge in [0.2, 0.25) is 17.8 Å². The van der Waals surface area contributed by atoms with Gasteiger partial charge >= 0.3 is 0 Å². The molecule has 5 N–H and O–H groups in total. The average molecular weight is 217 g/mol. The number of nitrogen functional groups attached to an aromatic ring is 1. The van der Waals surface area contributed by atoms with Crippen molar-refractivity contribution in [2.45, 2.75) is 5.88 Å². The highest BCUT2D eigenvalue weighted by Crippen LogP contribution is 2.03. The molecule has 76 valence electrons. The minimum absolute atomic E-state index is 0.0441. The summed E-state index contributed by atoms with van der Waals surface area (Å²) in [5, 5.41) is 2.58. The number of hydrogen-bond acceptors (Lipinski definition) is 6. The van der Waals surface area contributed by atoms with Crippen LogP contribution in [0.3, 0.4) is 0 Å². The fourth-order valence-electron chi connectivity index (χ4n) is 0.743. The summed E-state index contributed by atoms with van der Waals surface area (Å²) in [7, 11) is 0. The second kappa shape index (κ2) is 4.56. The van der Waals surface area contributed by atoms with Crippen LogP contribution in [0.2, 0.25) is 0 Å². The number of aromatic nitrogens is 3. The molecule has 0 spiro atoms. The van der Waals surface area contributed by atoms with Gasteiger partial charge in [0.1, 0.15) is 0 Å². The molecule has 0 aliphatic rings. The Hall–Kier alpha value is -1.63. The first-order chi connectivity index (χ1) is 6.61. The first kappa shape index (κ1) is 10.5. The Labute approximate surface area is 84.9 Å². The first-order valence-corrected chi connectivity index (χ1v) is 4.24. The Balaban J connectivity index is 2.76. The van der Waals surface area contributed by atoms with E-state index < -0.39 is 5.91 Å². The highest BCUT2D eigenvalue weighted by atomic mass is 35.5. The molecule has 0 unspecified atom stereocenters. The van der Waals surface area contributed by atoms with E-state index in [1.165, 1.54) is 0 Å². The quantitative estimate of drug-likeness (QED) is 0.561. The lowest BCUT2D eigenvalue weighted by Gasteiger charge is -2.03. The molecule has 1 amide bonds. The monoisotopic (exact) mass is 216 g/mol. The molecule has 0 radical (unpaired) electrons. The molecule has 0 aliphatic heterocycles. The second-order valence-corrected chi connectivity index (χ2v) is 2.65.